The first-order chi connectivity index (χ1) is 12.6. The zero-order valence-electron chi connectivity index (χ0n) is 18.8. The van der Waals surface area contributed by atoms with Gasteiger partial charge in [0, 0.05) is 6.92 Å². The van der Waals surface area contributed by atoms with Crippen LogP contribution >= 0.6 is 6.60 Å². The van der Waals surface area contributed by atoms with Crippen molar-refractivity contribution in [3.05, 3.63) is 48.6 Å². The number of allylic oxidation sites excluding steroid dienone is 6. The Morgan fingerprint density at radius 3 is 1.48 bits per heavy atom. The van der Waals surface area contributed by atoms with Gasteiger partial charge in [-0.05, 0) is 0 Å². The summed E-state index contributed by atoms with van der Waals surface area (Å²) in [6.07, 6.45) is 18.8. The average Bonchev–Trinajstić information content (AvgIpc) is 3.21. The molecule has 0 unspecified atom stereocenters. The zero-order chi connectivity index (χ0) is 20.9. The topological polar surface area (TPSA) is 33.0 Å². The van der Waals surface area contributed by atoms with Crippen LogP contribution in [-0.4, -0.2) is 34.1 Å². The summed E-state index contributed by atoms with van der Waals surface area (Å²) in [6.45, 7) is 18.0. The van der Waals surface area contributed by atoms with E-state index in [0.29, 0.717) is 22.6 Å². The Hall–Kier alpha value is -1.16. The zero-order valence-corrected chi connectivity index (χ0v) is 19.7. The summed E-state index contributed by atoms with van der Waals surface area (Å²) in [5.74, 6) is 0. The Kier molecular flexibility index (Phi) is 7.87. The number of nitriles is 1. The van der Waals surface area contributed by atoms with Crippen molar-refractivity contribution in [3.8, 4) is 6.07 Å². The summed E-state index contributed by atoms with van der Waals surface area (Å²) in [5.41, 5.74) is 2.18. The Bertz CT molecular complexity index is 610. The van der Waals surface area contributed by atoms with Gasteiger partial charge in [0.1, 0.15) is 0 Å². The summed E-state index contributed by atoms with van der Waals surface area (Å²) in [4.78, 5) is 0. The molecule has 2 nitrogen and oxygen atoms in total. The second-order valence-corrected chi connectivity index (χ2v) is 16.0. The molecule has 0 aliphatic heterocycles. The van der Waals surface area contributed by atoms with Crippen LogP contribution in [0.15, 0.2) is 48.6 Å². The summed E-state index contributed by atoms with van der Waals surface area (Å²) in [6, 6.07) is 1.75. The molecule has 0 aromatic heterocycles. The van der Waals surface area contributed by atoms with Crippen LogP contribution in [-0.2, 0) is 4.74 Å². The van der Waals surface area contributed by atoms with Gasteiger partial charge in [-0.15, -0.1) is 0 Å². The standard InChI is InChI=1S/C22H37OP.C2H3N/c1-17(2)23-22(15-11-12-16-22)24(18(3)4,19(5)6,20(7)8)21-13-9-10-14-21;1-2-3/h9-21H,1-8H3;1H3. The van der Waals surface area contributed by atoms with Crippen molar-refractivity contribution in [2.45, 2.75) is 96.4 Å². The molecule has 0 N–H and O–H groups in total. The molecule has 3 heteroatoms. The number of hydrogen-bond donors (Lipinski definition) is 0. The summed E-state index contributed by atoms with van der Waals surface area (Å²) in [5, 5.41) is 7.04. The first kappa shape index (κ1) is 23.9. The van der Waals surface area contributed by atoms with Crippen LogP contribution < -0.4 is 0 Å². The molecular formula is C24H40NOP. The molecular weight excluding hydrogens is 349 g/mol. The Morgan fingerprint density at radius 2 is 1.19 bits per heavy atom. The van der Waals surface area contributed by atoms with Gasteiger partial charge in [-0.25, -0.2) is 0 Å². The molecule has 0 bridgehead atoms. The molecule has 0 amide bonds. The second-order valence-electron chi connectivity index (χ2n) is 8.81. The predicted molar refractivity (Wildman–Crippen MR) is 123 cm³/mol. The van der Waals surface area contributed by atoms with E-state index in [1.54, 1.807) is 6.07 Å². The van der Waals surface area contributed by atoms with Crippen LogP contribution in [0.25, 0.3) is 0 Å². The first-order valence-corrected chi connectivity index (χ1v) is 12.8. The number of ether oxygens (including phenoxy) is 1. The second kappa shape index (κ2) is 8.89. The molecule has 0 saturated carbocycles. The van der Waals surface area contributed by atoms with Crippen molar-refractivity contribution in [3.63, 3.8) is 0 Å². The van der Waals surface area contributed by atoms with Crippen LogP contribution in [0.2, 0.25) is 0 Å². The van der Waals surface area contributed by atoms with Gasteiger partial charge in [0.05, 0.1) is 6.07 Å². The molecule has 0 heterocycles. The maximum absolute atomic E-state index is 7.32. The molecule has 0 radical (unpaired) electrons. The Balaban J connectivity index is 0.00000114. The van der Waals surface area contributed by atoms with Crippen LogP contribution in [0, 0.1) is 11.3 Å². The van der Waals surface area contributed by atoms with E-state index in [1.807, 2.05) is 0 Å². The van der Waals surface area contributed by atoms with Gasteiger partial charge in [0.15, 0.2) is 0 Å². The van der Waals surface area contributed by atoms with Gasteiger partial charge >= 0.3 is 149 Å². The first-order valence-electron chi connectivity index (χ1n) is 10.3. The van der Waals surface area contributed by atoms with Gasteiger partial charge in [0.25, 0.3) is 0 Å². The van der Waals surface area contributed by atoms with Crippen LogP contribution in [0.1, 0.15) is 62.3 Å². The molecule has 0 saturated heterocycles. The molecule has 27 heavy (non-hydrogen) atoms. The summed E-state index contributed by atoms with van der Waals surface area (Å²) in [7, 11) is 0. The Morgan fingerprint density at radius 1 is 0.815 bits per heavy atom. The Labute approximate surface area is 168 Å². The van der Waals surface area contributed by atoms with E-state index in [2.05, 4.69) is 104 Å². The fraction of sp³-hybridized carbons (Fsp3) is 0.625. The predicted octanol–water partition coefficient (Wildman–Crippen LogP) is 7.04. The fourth-order valence-electron chi connectivity index (χ4n) is 6.43. The van der Waals surface area contributed by atoms with Gasteiger partial charge in [0.2, 0.25) is 0 Å². The van der Waals surface area contributed by atoms with Crippen molar-refractivity contribution in [1.29, 1.82) is 5.26 Å². The van der Waals surface area contributed by atoms with Crippen molar-refractivity contribution < 1.29 is 4.74 Å². The van der Waals surface area contributed by atoms with Crippen molar-refractivity contribution in [1.82, 2.24) is 0 Å². The minimum atomic E-state index is -2.51. The molecule has 2 aliphatic rings. The summed E-state index contributed by atoms with van der Waals surface area (Å²) < 4.78 is 6.88. The number of nitrogens with zero attached hydrogens (tertiary/aromatic N) is 1. The third kappa shape index (κ3) is 3.18. The van der Waals surface area contributed by atoms with E-state index >= 15 is 0 Å². The molecule has 152 valence electrons. The van der Waals surface area contributed by atoms with Crippen LogP contribution in [0.4, 0.5) is 0 Å². The van der Waals surface area contributed by atoms with E-state index in [9.17, 15) is 0 Å². The molecule has 0 spiro atoms. The molecule has 0 fully saturated rings. The minimum absolute atomic E-state index is 0.199. The van der Waals surface area contributed by atoms with Crippen molar-refractivity contribution in [2.75, 3.05) is 0 Å². The third-order valence-electron chi connectivity index (χ3n) is 6.86. The quantitative estimate of drug-likeness (QED) is 0.438. The normalized spacial score (nSPS) is 19.6. The van der Waals surface area contributed by atoms with E-state index in [-0.39, 0.29) is 11.4 Å². The van der Waals surface area contributed by atoms with Gasteiger partial charge < -0.3 is 0 Å². The van der Waals surface area contributed by atoms with E-state index in [4.69, 9.17) is 10.00 Å². The van der Waals surface area contributed by atoms with E-state index in [1.165, 1.54) is 6.92 Å². The molecule has 2 aliphatic carbocycles. The van der Waals surface area contributed by atoms with Gasteiger partial charge in [-0.1, -0.05) is 0 Å². The van der Waals surface area contributed by atoms with Gasteiger partial charge in [-0.3, -0.25) is 0 Å². The maximum atomic E-state index is 7.32. The van der Waals surface area contributed by atoms with Crippen LogP contribution in [0.5, 0.6) is 0 Å². The summed E-state index contributed by atoms with van der Waals surface area (Å²) >= 11 is 0. The van der Waals surface area contributed by atoms with Crippen LogP contribution in [0.3, 0.4) is 0 Å². The van der Waals surface area contributed by atoms with E-state index < -0.39 is 6.60 Å². The van der Waals surface area contributed by atoms with Crippen molar-refractivity contribution in [2.24, 2.45) is 0 Å². The fourth-order valence-corrected chi connectivity index (χ4v) is 17.2. The SMILES string of the molecule is CC#N.CC(C)OC1(P(C(C)C)(C(C)C)(C(C)C)C2C=CC=C2)C=CC=C1. The van der Waals surface area contributed by atoms with E-state index in [0.717, 1.165) is 0 Å². The molecule has 0 aromatic carbocycles. The van der Waals surface area contributed by atoms with Gasteiger partial charge in [-0.2, -0.15) is 5.26 Å². The molecule has 0 atom stereocenters. The number of rotatable bonds is 7. The average molecular weight is 390 g/mol. The number of hydrogen-bond acceptors (Lipinski definition) is 2. The van der Waals surface area contributed by atoms with Crippen molar-refractivity contribution >= 4 is 6.60 Å². The monoisotopic (exact) mass is 389 g/mol. The third-order valence-corrected chi connectivity index (χ3v) is 17.5. The molecule has 2 rings (SSSR count). The molecule has 0 aromatic rings.